The molecule has 2 heterocycles. The third-order valence-corrected chi connectivity index (χ3v) is 5.11. The Morgan fingerprint density at radius 2 is 2.09 bits per heavy atom. The standard InChI is InChI=1S/C18H26N2O3/c1-13(20-9-6-14(12-21)7-10-20)18(22)19-16-8-11-23-17-5-3-2-4-15(16)17/h2-5,13-14,16,21H,6-12H2,1H3,(H,19,22). The van der Waals surface area contributed by atoms with Gasteiger partial charge in [0.15, 0.2) is 0 Å². The Hall–Kier alpha value is -1.59. The van der Waals surface area contributed by atoms with Crippen LogP contribution in [0.25, 0.3) is 0 Å². The topological polar surface area (TPSA) is 61.8 Å². The minimum Gasteiger partial charge on any atom is -0.493 e. The van der Waals surface area contributed by atoms with Crippen molar-refractivity contribution in [3.8, 4) is 5.75 Å². The number of benzene rings is 1. The van der Waals surface area contributed by atoms with Crippen molar-refractivity contribution in [3.63, 3.8) is 0 Å². The molecule has 2 aliphatic rings. The first-order valence-corrected chi connectivity index (χ1v) is 8.56. The van der Waals surface area contributed by atoms with Crippen molar-refractivity contribution in [2.75, 3.05) is 26.3 Å². The van der Waals surface area contributed by atoms with Crippen molar-refractivity contribution >= 4 is 5.91 Å². The van der Waals surface area contributed by atoms with Crippen molar-refractivity contribution in [1.82, 2.24) is 10.2 Å². The zero-order valence-corrected chi connectivity index (χ0v) is 13.7. The molecule has 2 atom stereocenters. The predicted octanol–water partition coefficient (Wildman–Crippen LogP) is 1.72. The molecule has 0 radical (unpaired) electrons. The van der Waals surface area contributed by atoms with Gasteiger partial charge in [0.05, 0.1) is 18.7 Å². The van der Waals surface area contributed by atoms with Crippen molar-refractivity contribution in [2.45, 2.75) is 38.3 Å². The zero-order valence-electron chi connectivity index (χ0n) is 13.7. The number of aliphatic hydroxyl groups is 1. The van der Waals surface area contributed by atoms with Crippen LogP contribution in [0, 0.1) is 5.92 Å². The van der Waals surface area contributed by atoms with Crippen LogP contribution in [0.5, 0.6) is 5.75 Å². The summed E-state index contributed by atoms with van der Waals surface area (Å²) in [7, 11) is 0. The van der Waals surface area contributed by atoms with Crippen LogP contribution in [-0.2, 0) is 4.79 Å². The number of rotatable bonds is 4. The summed E-state index contributed by atoms with van der Waals surface area (Å²) in [4.78, 5) is 14.8. The maximum Gasteiger partial charge on any atom is 0.237 e. The molecule has 1 saturated heterocycles. The molecule has 0 aliphatic carbocycles. The Balaban J connectivity index is 1.59. The van der Waals surface area contributed by atoms with Gasteiger partial charge in [-0.25, -0.2) is 0 Å². The highest BCUT2D eigenvalue weighted by Gasteiger charge is 2.29. The number of carbonyl (C=O) groups excluding carboxylic acids is 1. The Kier molecular flexibility index (Phi) is 5.18. The Morgan fingerprint density at radius 3 is 2.83 bits per heavy atom. The van der Waals surface area contributed by atoms with Gasteiger partial charge in [-0.15, -0.1) is 0 Å². The van der Waals surface area contributed by atoms with Gasteiger partial charge in [-0.3, -0.25) is 9.69 Å². The third kappa shape index (κ3) is 3.67. The van der Waals surface area contributed by atoms with E-state index in [2.05, 4.69) is 10.2 Å². The first kappa shape index (κ1) is 16.3. The molecule has 2 aliphatic heterocycles. The summed E-state index contributed by atoms with van der Waals surface area (Å²) in [5, 5.41) is 12.4. The largest absolute Gasteiger partial charge is 0.493 e. The predicted molar refractivity (Wildman–Crippen MR) is 88.3 cm³/mol. The SMILES string of the molecule is CC(C(=O)NC1CCOc2ccccc21)N1CCC(CO)CC1. The number of carbonyl (C=O) groups is 1. The summed E-state index contributed by atoms with van der Waals surface area (Å²) in [5.41, 5.74) is 1.07. The van der Waals surface area contributed by atoms with E-state index in [0.29, 0.717) is 12.5 Å². The number of piperidine rings is 1. The minimum atomic E-state index is -0.135. The van der Waals surface area contributed by atoms with Crippen molar-refractivity contribution in [1.29, 1.82) is 0 Å². The molecule has 2 unspecified atom stereocenters. The van der Waals surface area contributed by atoms with Gasteiger partial charge < -0.3 is 15.2 Å². The Bertz CT molecular complexity index is 541. The fraction of sp³-hybridized carbons (Fsp3) is 0.611. The average Bonchev–Trinajstić information content (AvgIpc) is 2.61. The monoisotopic (exact) mass is 318 g/mol. The van der Waals surface area contributed by atoms with Crippen LogP contribution in [0.1, 0.15) is 37.8 Å². The van der Waals surface area contributed by atoms with Gasteiger partial charge in [0.2, 0.25) is 5.91 Å². The van der Waals surface area contributed by atoms with Crippen molar-refractivity contribution in [2.24, 2.45) is 5.92 Å². The lowest BCUT2D eigenvalue weighted by Gasteiger charge is -2.36. The fourth-order valence-electron chi connectivity index (χ4n) is 3.47. The lowest BCUT2D eigenvalue weighted by molar-refractivity contribution is -0.127. The highest BCUT2D eigenvalue weighted by molar-refractivity contribution is 5.81. The van der Waals surface area contributed by atoms with E-state index in [1.807, 2.05) is 31.2 Å². The van der Waals surface area contributed by atoms with E-state index in [-0.39, 0.29) is 24.6 Å². The lowest BCUT2D eigenvalue weighted by atomic mass is 9.96. The van der Waals surface area contributed by atoms with E-state index in [4.69, 9.17) is 4.74 Å². The molecule has 0 bridgehead atoms. The van der Waals surface area contributed by atoms with E-state index >= 15 is 0 Å². The first-order chi connectivity index (χ1) is 11.2. The number of hydrogen-bond acceptors (Lipinski definition) is 4. The van der Waals surface area contributed by atoms with Crippen molar-refractivity contribution < 1.29 is 14.6 Å². The quantitative estimate of drug-likeness (QED) is 0.887. The van der Waals surface area contributed by atoms with Crippen LogP contribution in [0.15, 0.2) is 24.3 Å². The highest BCUT2D eigenvalue weighted by Crippen LogP contribution is 2.31. The van der Waals surface area contributed by atoms with Crippen LogP contribution in [0.4, 0.5) is 0 Å². The molecule has 23 heavy (non-hydrogen) atoms. The number of ether oxygens (including phenoxy) is 1. The number of amides is 1. The van der Waals surface area contributed by atoms with Crippen LogP contribution >= 0.6 is 0 Å². The summed E-state index contributed by atoms with van der Waals surface area (Å²) in [6, 6.07) is 7.81. The maximum absolute atomic E-state index is 12.6. The second kappa shape index (κ2) is 7.32. The Morgan fingerprint density at radius 1 is 1.35 bits per heavy atom. The molecule has 0 aromatic heterocycles. The molecular formula is C18H26N2O3. The summed E-state index contributed by atoms with van der Waals surface area (Å²) >= 11 is 0. The molecule has 0 saturated carbocycles. The molecule has 1 fully saturated rings. The maximum atomic E-state index is 12.6. The first-order valence-electron chi connectivity index (χ1n) is 8.56. The minimum absolute atomic E-state index is 0.0323. The number of fused-ring (bicyclic) bond motifs is 1. The van der Waals surface area contributed by atoms with Gasteiger partial charge in [0, 0.05) is 18.6 Å². The fourth-order valence-corrected chi connectivity index (χ4v) is 3.47. The van der Waals surface area contributed by atoms with Gasteiger partial charge >= 0.3 is 0 Å². The molecule has 126 valence electrons. The number of aliphatic hydroxyl groups excluding tert-OH is 1. The normalized spacial score (nSPS) is 23.7. The average molecular weight is 318 g/mol. The molecule has 1 aromatic carbocycles. The molecule has 1 amide bonds. The molecule has 5 nitrogen and oxygen atoms in total. The molecular weight excluding hydrogens is 292 g/mol. The number of nitrogens with one attached hydrogen (secondary N) is 1. The molecule has 3 rings (SSSR count). The number of nitrogens with zero attached hydrogens (tertiary/aromatic N) is 1. The van der Waals surface area contributed by atoms with Crippen LogP contribution in [0.3, 0.4) is 0 Å². The molecule has 5 heteroatoms. The van der Waals surface area contributed by atoms with Gasteiger partial charge in [0.25, 0.3) is 0 Å². The van der Waals surface area contributed by atoms with Crippen LogP contribution in [0.2, 0.25) is 0 Å². The second-order valence-electron chi connectivity index (χ2n) is 6.57. The lowest BCUT2D eigenvalue weighted by Crippen LogP contribution is -2.49. The van der Waals surface area contributed by atoms with Crippen molar-refractivity contribution in [3.05, 3.63) is 29.8 Å². The summed E-state index contributed by atoms with van der Waals surface area (Å²) in [5.74, 6) is 1.35. The summed E-state index contributed by atoms with van der Waals surface area (Å²) < 4.78 is 5.65. The molecule has 2 N–H and O–H groups in total. The molecule has 1 aromatic rings. The van der Waals surface area contributed by atoms with Gasteiger partial charge in [0.1, 0.15) is 5.75 Å². The summed E-state index contributed by atoms with van der Waals surface area (Å²) in [6.07, 6.45) is 2.74. The van der Waals surface area contributed by atoms with Crippen LogP contribution < -0.4 is 10.1 Å². The van der Waals surface area contributed by atoms with E-state index < -0.39 is 0 Å². The highest BCUT2D eigenvalue weighted by atomic mass is 16.5. The third-order valence-electron chi connectivity index (χ3n) is 5.11. The smallest absolute Gasteiger partial charge is 0.237 e. The van der Waals surface area contributed by atoms with Gasteiger partial charge in [-0.05, 0) is 44.8 Å². The van der Waals surface area contributed by atoms with E-state index in [0.717, 1.165) is 43.7 Å². The van der Waals surface area contributed by atoms with E-state index in [9.17, 15) is 9.90 Å². The van der Waals surface area contributed by atoms with Gasteiger partial charge in [-0.1, -0.05) is 18.2 Å². The Labute approximate surface area is 137 Å². The second-order valence-corrected chi connectivity index (χ2v) is 6.57. The van der Waals surface area contributed by atoms with Gasteiger partial charge in [-0.2, -0.15) is 0 Å². The number of likely N-dealkylation sites (tertiary alicyclic amines) is 1. The summed E-state index contributed by atoms with van der Waals surface area (Å²) in [6.45, 7) is 4.62. The van der Waals surface area contributed by atoms with E-state index in [1.165, 1.54) is 0 Å². The van der Waals surface area contributed by atoms with Crippen LogP contribution in [-0.4, -0.2) is 48.3 Å². The molecule has 0 spiro atoms. The zero-order chi connectivity index (χ0) is 16.2. The van der Waals surface area contributed by atoms with E-state index in [1.54, 1.807) is 0 Å². The number of para-hydroxylation sites is 1. The number of hydrogen-bond donors (Lipinski definition) is 2.